The molecule has 2 aromatic carbocycles. The Hall–Kier alpha value is -2.91. The number of carbonyl (C=O) groups excluding carboxylic acids is 1. The van der Waals surface area contributed by atoms with Crippen molar-refractivity contribution in [1.29, 1.82) is 0 Å². The quantitative estimate of drug-likeness (QED) is 0.397. The fraction of sp³-hybridized carbons (Fsp3) is 0.409. The number of benzene rings is 2. The standard InChI is InChI=1S/C8H5F6N.C8H9NO2.C6H12/c9-7(10,11)4-1-5(8(12,13)14)3-6(15)2-4;1-11-7-4-2-6(3-5-7)8(9)10;1-2-4-6-5-3-1/h1-3H,15H2;2-5H,1H3,(H2,9,10);1-6H2. The highest BCUT2D eigenvalue weighted by molar-refractivity contribution is 5.92. The van der Waals surface area contributed by atoms with Crippen LogP contribution in [-0.2, 0) is 12.4 Å². The summed E-state index contributed by atoms with van der Waals surface area (Å²) in [6, 6.07) is 7.57. The molecule has 32 heavy (non-hydrogen) atoms. The zero-order valence-electron chi connectivity index (χ0n) is 17.5. The lowest BCUT2D eigenvalue weighted by Gasteiger charge is -2.12. The topological polar surface area (TPSA) is 78.3 Å². The Bertz CT molecular complexity index is 801. The summed E-state index contributed by atoms with van der Waals surface area (Å²) in [5.74, 6) is 0.294. The number of halogens is 6. The van der Waals surface area contributed by atoms with Gasteiger partial charge in [0.1, 0.15) is 5.75 Å². The SMILES string of the molecule is C1CCCCC1.COc1ccc(C(N)=O)cc1.Nc1cc(C(F)(F)F)cc(C(F)(F)F)c1. The van der Waals surface area contributed by atoms with Crippen molar-refractivity contribution in [2.45, 2.75) is 50.9 Å². The molecule has 10 heteroatoms. The highest BCUT2D eigenvalue weighted by Gasteiger charge is 2.36. The zero-order valence-corrected chi connectivity index (χ0v) is 17.5. The van der Waals surface area contributed by atoms with Gasteiger partial charge >= 0.3 is 12.4 Å². The number of carbonyl (C=O) groups is 1. The Labute approximate surface area is 182 Å². The van der Waals surface area contributed by atoms with Crippen LogP contribution in [0.2, 0.25) is 0 Å². The third-order valence-electron chi connectivity index (χ3n) is 4.48. The Morgan fingerprint density at radius 3 is 1.44 bits per heavy atom. The number of amides is 1. The van der Waals surface area contributed by atoms with E-state index in [2.05, 4.69) is 0 Å². The average Bonchev–Trinajstić information content (AvgIpc) is 2.74. The van der Waals surface area contributed by atoms with Gasteiger partial charge in [-0.1, -0.05) is 38.5 Å². The van der Waals surface area contributed by atoms with Crippen LogP contribution in [0.5, 0.6) is 5.75 Å². The molecule has 4 N–H and O–H groups in total. The molecule has 0 atom stereocenters. The molecular weight excluding hydrogens is 438 g/mol. The molecule has 0 saturated heterocycles. The second kappa shape index (κ2) is 12.2. The van der Waals surface area contributed by atoms with Gasteiger partial charge in [-0.15, -0.1) is 0 Å². The van der Waals surface area contributed by atoms with E-state index in [4.69, 9.17) is 16.2 Å². The summed E-state index contributed by atoms with van der Waals surface area (Å²) in [7, 11) is 1.57. The van der Waals surface area contributed by atoms with E-state index >= 15 is 0 Å². The Morgan fingerprint density at radius 2 is 1.16 bits per heavy atom. The maximum atomic E-state index is 12.1. The molecule has 1 fully saturated rings. The molecule has 1 aliphatic rings. The van der Waals surface area contributed by atoms with E-state index in [-0.39, 0.29) is 6.07 Å². The minimum absolute atomic E-state index is 0.0242. The van der Waals surface area contributed by atoms with Crippen LogP contribution in [0.15, 0.2) is 42.5 Å². The van der Waals surface area contributed by atoms with E-state index in [9.17, 15) is 31.1 Å². The number of nitrogens with two attached hydrogens (primary N) is 2. The van der Waals surface area contributed by atoms with Gasteiger partial charge in [-0.3, -0.25) is 4.79 Å². The largest absolute Gasteiger partial charge is 0.497 e. The first kappa shape index (κ1) is 27.1. The van der Waals surface area contributed by atoms with Crippen LogP contribution in [0.3, 0.4) is 0 Å². The number of rotatable bonds is 2. The molecule has 1 aliphatic carbocycles. The monoisotopic (exact) mass is 464 g/mol. The summed E-state index contributed by atoms with van der Waals surface area (Å²) in [6.07, 6.45) is -0.676. The highest BCUT2D eigenvalue weighted by atomic mass is 19.4. The summed E-state index contributed by atoms with van der Waals surface area (Å²) >= 11 is 0. The first-order valence-corrected chi connectivity index (χ1v) is 9.83. The van der Waals surface area contributed by atoms with Crippen molar-refractivity contribution in [2.75, 3.05) is 12.8 Å². The normalized spacial score (nSPS) is 13.7. The highest BCUT2D eigenvalue weighted by Crippen LogP contribution is 2.36. The number of hydrogen-bond acceptors (Lipinski definition) is 3. The number of anilines is 1. The number of ether oxygens (including phenoxy) is 1. The van der Waals surface area contributed by atoms with Crippen molar-refractivity contribution < 1.29 is 35.9 Å². The van der Waals surface area contributed by atoms with Gasteiger partial charge in [-0.05, 0) is 42.5 Å². The molecule has 2 aromatic rings. The lowest BCUT2D eigenvalue weighted by atomic mass is 10.0. The van der Waals surface area contributed by atoms with Gasteiger partial charge < -0.3 is 16.2 Å². The molecule has 1 amide bonds. The molecule has 0 aliphatic heterocycles. The van der Waals surface area contributed by atoms with Crippen molar-refractivity contribution in [3.05, 3.63) is 59.2 Å². The van der Waals surface area contributed by atoms with E-state index < -0.39 is 35.1 Å². The number of alkyl halides is 6. The minimum Gasteiger partial charge on any atom is -0.497 e. The molecule has 0 unspecified atom stereocenters. The van der Waals surface area contributed by atoms with Gasteiger partial charge in [0.05, 0.1) is 18.2 Å². The predicted molar refractivity (Wildman–Crippen MR) is 110 cm³/mol. The Balaban J connectivity index is 0.000000262. The lowest BCUT2D eigenvalue weighted by molar-refractivity contribution is -0.143. The van der Waals surface area contributed by atoms with E-state index in [1.807, 2.05) is 0 Å². The van der Waals surface area contributed by atoms with E-state index in [0.717, 1.165) is 5.75 Å². The van der Waals surface area contributed by atoms with E-state index in [0.29, 0.717) is 17.7 Å². The van der Waals surface area contributed by atoms with Gasteiger partial charge in [0.25, 0.3) is 0 Å². The number of nitrogen functional groups attached to an aromatic ring is 1. The molecular formula is C22H26F6N2O2. The summed E-state index contributed by atoms with van der Waals surface area (Å²) in [6.45, 7) is 0. The van der Waals surface area contributed by atoms with Gasteiger partial charge in [0.15, 0.2) is 0 Å². The van der Waals surface area contributed by atoms with Crippen LogP contribution in [0, 0.1) is 0 Å². The predicted octanol–water partition coefficient (Wildman–Crippen LogP) is 6.44. The van der Waals surface area contributed by atoms with Crippen molar-refractivity contribution in [3.8, 4) is 5.75 Å². The number of methoxy groups -OCH3 is 1. The summed E-state index contributed by atoms with van der Waals surface area (Å²) < 4.78 is 77.6. The van der Waals surface area contributed by atoms with Crippen LogP contribution >= 0.6 is 0 Å². The third-order valence-corrected chi connectivity index (χ3v) is 4.48. The first-order valence-electron chi connectivity index (χ1n) is 9.83. The van der Waals surface area contributed by atoms with Crippen molar-refractivity contribution in [2.24, 2.45) is 5.73 Å². The Morgan fingerprint density at radius 1 is 0.781 bits per heavy atom. The Kier molecular flexibility index (Phi) is 10.3. The van der Waals surface area contributed by atoms with Gasteiger partial charge in [0, 0.05) is 11.3 Å². The summed E-state index contributed by atoms with van der Waals surface area (Å²) in [4.78, 5) is 10.6. The van der Waals surface area contributed by atoms with Crippen LogP contribution in [0.25, 0.3) is 0 Å². The van der Waals surface area contributed by atoms with Crippen LogP contribution < -0.4 is 16.2 Å². The van der Waals surface area contributed by atoms with Crippen molar-refractivity contribution >= 4 is 11.6 Å². The molecule has 0 aromatic heterocycles. The van der Waals surface area contributed by atoms with Crippen LogP contribution in [0.4, 0.5) is 32.0 Å². The van der Waals surface area contributed by atoms with Crippen LogP contribution in [0.1, 0.15) is 60.0 Å². The number of primary amides is 1. The molecule has 0 spiro atoms. The fourth-order valence-corrected chi connectivity index (χ4v) is 2.79. The molecule has 4 nitrogen and oxygen atoms in total. The van der Waals surface area contributed by atoms with Gasteiger partial charge in [0.2, 0.25) is 5.91 Å². The molecule has 0 bridgehead atoms. The van der Waals surface area contributed by atoms with E-state index in [1.54, 1.807) is 31.4 Å². The fourth-order valence-electron chi connectivity index (χ4n) is 2.79. The molecule has 1 saturated carbocycles. The minimum atomic E-state index is -4.84. The average molecular weight is 464 g/mol. The molecule has 178 valence electrons. The molecule has 3 rings (SSSR count). The maximum absolute atomic E-state index is 12.1. The second-order valence-electron chi connectivity index (χ2n) is 7.05. The summed E-state index contributed by atoms with van der Waals surface area (Å²) in [5.41, 5.74) is 7.08. The van der Waals surface area contributed by atoms with Crippen LogP contribution in [-0.4, -0.2) is 13.0 Å². The maximum Gasteiger partial charge on any atom is 0.416 e. The third kappa shape index (κ3) is 9.93. The van der Waals surface area contributed by atoms with Crippen molar-refractivity contribution in [1.82, 2.24) is 0 Å². The van der Waals surface area contributed by atoms with Gasteiger partial charge in [-0.25, -0.2) is 0 Å². The lowest BCUT2D eigenvalue weighted by Crippen LogP contribution is -2.11. The zero-order chi connectivity index (χ0) is 24.4. The summed E-state index contributed by atoms with van der Waals surface area (Å²) in [5, 5.41) is 0. The molecule has 0 radical (unpaired) electrons. The smallest absolute Gasteiger partial charge is 0.416 e. The van der Waals surface area contributed by atoms with Gasteiger partial charge in [-0.2, -0.15) is 26.3 Å². The van der Waals surface area contributed by atoms with Crippen molar-refractivity contribution in [3.63, 3.8) is 0 Å². The van der Waals surface area contributed by atoms with E-state index in [1.165, 1.54) is 38.5 Å². The number of hydrogen-bond donors (Lipinski definition) is 2. The first-order chi connectivity index (χ1) is 14.8. The second-order valence-corrected chi connectivity index (χ2v) is 7.05. The molecule has 0 heterocycles.